The van der Waals surface area contributed by atoms with Crippen molar-refractivity contribution in [2.75, 3.05) is 0 Å². The molecule has 1 unspecified atom stereocenters. The Morgan fingerprint density at radius 2 is 2.35 bits per heavy atom. The van der Waals surface area contributed by atoms with Crippen molar-refractivity contribution in [1.82, 2.24) is 20.4 Å². The van der Waals surface area contributed by atoms with Crippen LogP contribution in [0.3, 0.4) is 0 Å². The number of hydrogen-bond donors (Lipinski definition) is 1. The number of nitrogens with zero attached hydrogens (tertiary/aromatic N) is 3. The van der Waals surface area contributed by atoms with Crippen LogP contribution in [0.25, 0.3) is 11.4 Å². The number of carbonyl (C=O) groups is 1. The lowest BCUT2D eigenvalue weighted by molar-refractivity contribution is -0.121. The van der Waals surface area contributed by atoms with Crippen molar-refractivity contribution in [2.24, 2.45) is 0 Å². The van der Waals surface area contributed by atoms with E-state index in [1.807, 2.05) is 26.0 Å². The van der Waals surface area contributed by atoms with Gasteiger partial charge in [-0.3, -0.25) is 9.78 Å². The van der Waals surface area contributed by atoms with Crippen molar-refractivity contribution < 1.29 is 9.32 Å². The molecule has 0 aromatic carbocycles. The number of aryl methyl sites for hydroxylation is 1. The predicted molar refractivity (Wildman–Crippen MR) is 73.7 cm³/mol. The first-order valence-corrected chi connectivity index (χ1v) is 6.71. The molecule has 2 aromatic heterocycles. The smallest absolute Gasteiger partial charge is 0.227 e. The Morgan fingerprint density at radius 3 is 3.05 bits per heavy atom. The van der Waals surface area contributed by atoms with E-state index in [0.717, 1.165) is 12.0 Å². The van der Waals surface area contributed by atoms with E-state index < -0.39 is 0 Å². The summed E-state index contributed by atoms with van der Waals surface area (Å²) in [6.07, 6.45) is 5.06. The Balaban J connectivity index is 1.89. The van der Waals surface area contributed by atoms with Gasteiger partial charge in [-0.05, 0) is 25.5 Å². The number of nitrogens with one attached hydrogen (secondary N) is 1. The highest BCUT2D eigenvalue weighted by atomic mass is 16.5. The van der Waals surface area contributed by atoms with Gasteiger partial charge in [-0.25, -0.2) is 0 Å². The van der Waals surface area contributed by atoms with Crippen LogP contribution < -0.4 is 5.32 Å². The molecule has 0 fully saturated rings. The fourth-order valence-electron chi connectivity index (χ4n) is 1.64. The molecule has 20 heavy (non-hydrogen) atoms. The van der Waals surface area contributed by atoms with Crippen molar-refractivity contribution >= 4 is 5.91 Å². The van der Waals surface area contributed by atoms with E-state index in [4.69, 9.17) is 4.52 Å². The molecule has 2 aromatic rings. The Hall–Kier alpha value is -2.24. The molecule has 2 rings (SSSR count). The van der Waals surface area contributed by atoms with Crippen molar-refractivity contribution in [2.45, 2.75) is 39.2 Å². The molecule has 0 aliphatic heterocycles. The summed E-state index contributed by atoms with van der Waals surface area (Å²) in [6, 6.07) is 3.86. The number of amides is 1. The van der Waals surface area contributed by atoms with Crippen LogP contribution in [0.2, 0.25) is 0 Å². The van der Waals surface area contributed by atoms with Crippen LogP contribution in [0.15, 0.2) is 29.0 Å². The number of rotatable bonds is 6. The number of pyridine rings is 1. The maximum atomic E-state index is 11.7. The summed E-state index contributed by atoms with van der Waals surface area (Å²) in [4.78, 5) is 19.9. The van der Waals surface area contributed by atoms with E-state index in [0.29, 0.717) is 24.6 Å². The summed E-state index contributed by atoms with van der Waals surface area (Å²) < 4.78 is 5.13. The average Bonchev–Trinajstić information content (AvgIpc) is 2.95. The van der Waals surface area contributed by atoms with E-state index in [1.54, 1.807) is 12.4 Å². The third-order valence-electron chi connectivity index (χ3n) is 2.97. The van der Waals surface area contributed by atoms with Gasteiger partial charge in [0.25, 0.3) is 0 Å². The highest BCUT2D eigenvalue weighted by molar-refractivity contribution is 5.76. The zero-order chi connectivity index (χ0) is 14.4. The fraction of sp³-hybridized carbons (Fsp3) is 0.429. The van der Waals surface area contributed by atoms with E-state index in [-0.39, 0.29) is 11.9 Å². The van der Waals surface area contributed by atoms with E-state index in [1.165, 1.54) is 0 Å². The van der Waals surface area contributed by atoms with Crippen LogP contribution in [-0.4, -0.2) is 27.1 Å². The van der Waals surface area contributed by atoms with Gasteiger partial charge in [0, 0.05) is 36.8 Å². The summed E-state index contributed by atoms with van der Waals surface area (Å²) in [6.45, 7) is 4.01. The molecule has 1 atom stereocenters. The summed E-state index contributed by atoms with van der Waals surface area (Å²) >= 11 is 0. The first-order chi connectivity index (χ1) is 9.69. The zero-order valence-electron chi connectivity index (χ0n) is 11.7. The Morgan fingerprint density at radius 1 is 1.50 bits per heavy atom. The Kier molecular flexibility index (Phi) is 4.81. The fourth-order valence-corrected chi connectivity index (χ4v) is 1.64. The largest absolute Gasteiger partial charge is 0.354 e. The number of carbonyl (C=O) groups excluding carboxylic acids is 1. The van der Waals surface area contributed by atoms with Gasteiger partial charge in [-0.15, -0.1) is 0 Å². The van der Waals surface area contributed by atoms with Crippen molar-refractivity contribution in [3.05, 3.63) is 30.4 Å². The highest BCUT2D eigenvalue weighted by Crippen LogP contribution is 2.14. The summed E-state index contributed by atoms with van der Waals surface area (Å²) in [7, 11) is 0. The molecule has 0 saturated heterocycles. The number of aromatic nitrogens is 3. The normalized spacial score (nSPS) is 12.1. The molecule has 6 nitrogen and oxygen atoms in total. The second kappa shape index (κ2) is 6.79. The monoisotopic (exact) mass is 274 g/mol. The minimum absolute atomic E-state index is 0.000442. The topological polar surface area (TPSA) is 80.9 Å². The van der Waals surface area contributed by atoms with Gasteiger partial charge < -0.3 is 9.84 Å². The van der Waals surface area contributed by atoms with E-state index in [2.05, 4.69) is 20.4 Å². The van der Waals surface area contributed by atoms with Gasteiger partial charge in [0.1, 0.15) is 0 Å². The summed E-state index contributed by atoms with van der Waals surface area (Å²) in [5, 5.41) is 6.78. The lowest BCUT2D eigenvalue weighted by atomic mass is 10.2. The molecule has 0 radical (unpaired) electrons. The van der Waals surface area contributed by atoms with Gasteiger partial charge in [0.15, 0.2) is 0 Å². The zero-order valence-corrected chi connectivity index (χ0v) is 11.7. The molecule has 1 amide bonds. The molecule has 0 aliphatic rings. The van der Waals surface area contributed by atoms with Gasteiger partial charge in [-0.1, -0.05) is 12.1 Å². The lowest BCUT2D eigenvalue weighted by Gasteiger charge is -2.10. The van der Waals surface area contributed by atoms with Crippen molar-refractivity contribution in [3.63, 3.8) is 0 Å². The van der Waals surface area contributed by atoms with E-state index in [9.17, 15) is 4.79 Å². The van der Waals surface area contributed by atoms with Crippen LogP contribution in [0.4, 0.5) is 0 Å². The minimum Gasteiger partial charge on any atom is -0.354 e. The molecular formula is C14H18N4O2. The van der Waals surface area contributed by atoms with E-state index >= 15 is 0 Å². The molecular weight excluding hydrogens is 256 g/mol. The van der Waals surface area contributed by atoms with Gasteiger partial charge >= 0.3 is 0 Å². The molecule has 2 heterocycles. The highest BCUT2D eigenvalue weighted by Gasteiger charge is 2.11. The maximum absolute atomic E-state index is 11.7. The van der Waals surface area contributed by atoms with Crippen molar-refractivity contribution in [1.29, 1.82) is 0 Å². The quantitative estimate of drug-likeness (QED) is 0.871. The second-order valence-corrected chi connectivity index (χ2v) is 4.63. The molecule has 0 saturated carbocycles. The first-order valence-electron chi connectivity index (χ1n) is 6.71. The van der Waals surface area contributed by atoms with Crippen LogP contribution in [0.5, 0.6) is 0 Å². The Labute approximate surface area is 117 Å². The standard InChI is InChI=1S/C14H18N4O2/c1-3-10(2)16-12(19)6-7-13-17-14(18-20-13)11-5-4-8-15-9-11/h4-5,8-10H,3,6-7H2,1-2H3,(H,16,19). The molecule has 1 N–H and O–H groups in total. The van der Waals surface area contributed by atoms with Gasteiger partial charge in [-0.2, -0.15) is 4.98 Å². The van der Waals surface area contributed by atoms with Gasteiger partial charge in [0.2, 0.25) is 17.6 Å². The van der Waals surface area contributed by atoms with Gasteiger partial charge in [0.05, 0.1) is 0 Å². The summed E-state index contributed by atoms with van der Waals surface area (Å²) in [5.74, 6) is 0.957. The van der Waals surface area contributed by atoms with Crippen LogP contribution >= 0.6 is 0 Å². The lowest BCUT2D eigenvalue weighted by Crippen LogP contribution is -2.32. The van der Waals surface area contributed by atoms with Crippen LogP contribution in [-0.2, 0) is 11.2 Å². The molecule has 0 aliphatic carbocycles. The molecule has 0 bridgehead atoms. The SMILES string of the molecule is CCC(C)NC(=O)CCc1nc(-c2cccnc2)no1. The maximum Gasteiger partial charge on any atom is 0.227 e. The van der Waals surface area contributed by atoms with Crippen LogP contribution in [0.1, 0.15) is 32.6 Å². The molecule has 106 valence electrons. The Bertz CT molecular complexity index is 553. The second-order valence-electron chi connectivity index (χ2n) is 4.63. The third kappa shape index (κ3) is 3.88. The predicted octanol–water partition coefficient (Wildman–Crippen LogP) is 1.98. The van der Waals surface area contributed by atoms with Crippen molar-refractivity contribution in [3.8, 4) is 11.4 Å². The molecule has 0 spiro atoms. The summed E-state index contributed by atoms with van der Waals surface area (Å²) in [5.41, 5.74) is 0.798. The average molecular weight is 274 g/mol. The molecule has 6 heteroatoms. The van der Waals surface area contributed by atoms with Crippen LogP contribution in [0, 0.1) is 0 Å². The number of hydrogen-bond acceptors (Lipinski definition) is 5. The minimum atomic E-state index is 0.000442. The first kappa shape index (κ1) is 14.2. The third-order valence-corrected chi connectivity index (χ3v) is 2.97.